The lowest BCUT2D eigenvalue weighted by Crippen LogP contribution is -2.29. The van der Waals surface area contributed by atoms with E-state index in [-0.39, 0.29) is 24.8 Å². The highest BCUT2D eigenvalue weighted by molar-refractivity contribution is 5.89. The number of benzene rings is 2. The number of nitrogens with zero attached hydrogens (tertiary/aromatic N) is 1. The smallest absolute Gasteiger partial charge is 0.127 e. The van der Waals surface area contributed by atoms with E-state index in [1.54, 1.807) is 7.11 Å². The Hall–Kier alpha value is -1.000. The SMILES string of the molecule is COc1cc(CON2CCCCC2)cc2ccccc12.Cl.Cl. The van der Waals surface area contributed by atoms with Gasteiger partial charge in [0.2, 0.25) is 0 Å². The highest BCUT2D eigenvalue weighted by atomic mass is 35.5. The number of fused-ring (bicyclic) bond motifs is 1. The van der Waals surface area contributed by atoms with Gasteiger partial charge in [0.1, 0.15) is 5.75 Å². The Bertz CT molecular complexity index is 586. The summed E-state index contributed by atoms with van der Waals surface area (Å²) in [5.41, 5.74) is 1.16. The highest BCUT2D eigenvalue weighted by Crippen LogP contribution is 2.27. The average Bonchev–Trinajstić information content (AvgIpc) is 2.53. The average molecular weight is 344 g/mol. The standard InChI is InChI=1S/C17H21NO2.2ClH/c1-19-17-12-14(11-15-7-3-4-8-16(15)17)13-20-18-9-5-2-6-10-18;;/h3-4,7-8,11-12H,2,5-6,9-10,13H2,1H3;2*1H. The monoisotopic (exact) mass is 343 g/mol. The van der Waals surface area contributed by atoms with Gasteiger partial charge >= 0.3 is 0 Å². The lowest BCUT2D eigenvalue weighted by molar-refractivity contribution is -0.178. The van der Waals surface area contributed by atoms with Crippen LogP contribution in [-0.2, 0) is 11.4 Å². The first-order valence-corrected chi connectivity index (χ1v) is 7.30. The predicted octanol–water partition coefficient (Wildman–Crippen LogP) is 4.61. The van der Waals surface area contributed by atoms with Crippen LogP contribution in [0.4, 0.5) is 0 Å². The minimum atomic E-state index is 0. The summed E-state index contributed by atoms with van der Waals surface area (Å²) >= 11 is 0. The number of piperidine rings is 1. The van der Waals surface area contributed by atoms with Crippen LogP contribution in [0.1, 0.15) is 24.8 Å². The van der Waals surface area contributed by atoms with Crippen LogP contribution in [0.15, 0.2) is 36.4 Å². The first kappa shape index (κ1) is 19.0. The Morgan fingerprint density at radius 3 is 2.45 bits per heavy atom. The molecule has 0 aromatic heterocycles. The zero-order chi connectivity index (χ0) is 13.8. The van der Waals surface area contributed by atoms with Gasteiger partial charge in [-0.2, -0.15) is 5.06 Å². The second-order valence-corrected chi connectivity index (χ2v) is 5.28. The highest BCUT2D eigenvalue weighted by Gasteiger charge is 2.11. The van der Waals surface area contributed by atoms with Gasteiger partial charge in [-0.1, -0.05) is 30.7 Å². The molecule has 1 fully saturated rings. The van der Waals surface area contributed by atoms with E-state index in [4.69, 9.17) is 9.57 Å². The van der Waals surface area contributed by atoms with E-state index < -0.39 is 0 Å². The molecule has 3 rings (SSSR count). The van der Waals surface area contributed by atoms with Crippen LogP contribution >= 0.6 is 24.8 Å². The van der Waals surface area contributed by atoms with Crippen molar-refractivity contribution in [3.63, 3.8) is 0 Å². The molecule has 0 spiro atoms. The van der Waals surface area contributed by atoms with Crippen LogP contribution in [-0.4, -0.2) is 25.3 Å². The van der Waals surface area contributed by atoms with Gasteiger partial charge < -0.3 is 4.74 Å². The molecule has 0 saturated carbocycles. The molecule has 122 valence electrons. The molecule has 0 atom stereocenters. The van der Waals surface area contributed by atoms with Crippen molar-refractivity contribution < 1.29 is 9.57 Å². The van der Waals surface area contributed by atoms with E-state index in [1.807, 2.05) is 6.07 Å². The topological polar surface area (TPSA) is 21.7 Å². The quantitative estimate of drug-likeness (QED) is 0.808. The number of hydrogen-bond donors (Lipinski definition) is 0. The first-order chi connectivity index (χ1) is 9.86. The van der Waals surface area contributed by atoms with Crippen molar-refractivity contribution in [1.29, 1.82) is 0 Å². The third-order valence-electron chi connectivity index (χ3n) is 3.83. The van der Waals surface area contributed by atoms with Crippen molar-refractivity contribution in [2.24, 2.45) is 0 Å². The first-order valence-electron chi connectivity index (χ1n) is 7.30. The summed E-state index contributed by atoms with van der Waals surface area (Å²) in [6.45, 7) is 2.70. The molecule has 0 aliphatic carbocycles. The fourth-order valence-corrected chi connectivity index (χ4v) is 2.75. The van der Waals surface area contributed by atoms with Crippen molar-refractivity contribution >= 4 is 35.6 Å². The summed E-state index contributed by atoms with van der Waals surface area (Å²) in [5, 5.41) is 4.44. The van der Waals surface area contributed by atoms with Crippen LogP contribution in [0.25, 0.3) is 10.8 Å². The van der Waals surface area contributed by atoms with Crippen LogP contribution in [0.5, 0.6) is 5.75 Å². The van der Waals surface area contributed by atoms with E-state index in [0.29, 0.717) is 6.61 Å². The second kappa shape index (κ2) is 9.21. The molecular weight excluding hydrogens is 321 g/mol. The minimum Gasteiger partial charge on any atom is -0.496 e. The van der Waals surface area contributed by atoms with Gasteiger partial charge in [0.15, 0.2) is 0 Å². The molecule has 3 nitrogen and oxygen atoms in total. The van der Waals surface area contributed by atoms with E-state index in [1.165, 1.54) is 24.6 Å². The van der Waals surface area contributed by atoms with E-state index in [9.17, 15) is 0 Å². The number of hydrogen-bond acceptors (Lipinski definition) is 3. The van der Waals surface area contributed by atoms with E-state index in [2.05, 4.69) is 35.4 Å². The molecule has 1 saturated heterocycles. The summed E-state index contributed by atoms with van der Waals surface area (Å²) in [5.74, 6) is 0.917. The van der Waals surface area contributed by atoms with Crippen molar-refractivity contribution in [2.45, 2.75) is 25.9 Å². The van der Waals surface area contributed by atoms with Crippen LogP contribution in [0.3, 0.4) is 0 Å². The molecule has 5 heteroatoms. The lowest BCUT2D eigenvalue weighted by Gasteiger charge is -2.25. The Balaban J connectivity index is 0.00000121. The molecule has 0 radical (unpaired) electrons. The molecular formula is C17H23Cl2NO2. The molecule has 2 aromatic rings. The molecule has 1 heterocycles. The van der Waals surface area contributed by atoms with E-state index in [0.717, 1.165) is 29.8 Å². The van der Waals surface area contributed by atoms with E-state index >= 15 is 0 Å². The summed E-state index contributed by atoms with van der Waals surface area (Å²) in [6.07, 6.45) is 3.80. The van der Waals surface area contributed by atoms with Crippen LogP contribution < -0.4 is 4.74 Å². The normalized spacial score (nSPS) is 15.0. The summed E-state index contributed by atoms with van der Waals surface area (Å²) in [7, 11) is 1.72. The Morgan fingerprint density at radius 2 is 1.73 bits per heavy atom. The maximum Gasteiger partial charge on any atom is 0.127 e. The second-order valence-electron chi connectivity index (χ2n) is 5.28. The summed E-state index contributed by atoms with van der Waals surface area (Å²) in [4.78, 5) is 5.90. The van der Waals surface area contributed by atoms with Crippen LogP contribution in [0.2, 0.25) is 0 Å². The molecule has 0 unspecified atom stereocenters. The van der Waals surface area contributed by atoms with Crippen LogP contribution in [0, 0.1) is 0 Å². The molecule has 1 aliphatic heterocycles. The number of halogens is 2. The van der Waals surface area contributed by atoms with Crippen molar-refractivity contribution in [3.8, 4) is 5.75 Å². The number of rotatable bonds is 4. The largest absolute Gasteiger partial charge is 0.496 e. The molecule has 1 aliphatic rings. The molecule has 22 heavy (non-hydrogen) atoms. The fraction of sp³-hybridized carbons (Fsp3) is 0.412. The van der Waals surface area contributed by atoms with Gasteiger partial charge in [-0.15, -0.1) is 24.8 Å². The lowest BCUT2D eigenvalue weighted by atomic mass is 10.1. The predicted molar refractivity (Wildman–Crippen MR) is 95.2 cm³/mol. The van der Waals surface area contributed by atoms with Gasteiger partial charge in [-0.05, 0) is 35.9 Å². The zero-order valence-corrected chi connectivity index (χ0v) is 14.4. The minimum absolute atomic E-state index is 0. The van der Waals surface area contributed by atoms with Gasteiger partial charge in [0.05, 0.1) is 13.7 Å². The fourth-order valence-electron chi connectivity index (χ4n) is 2.75. The van der Waals surface area contributed by atoms with Gasteiger partial charge in [0.25, 0.3) is 0 Å². The van der Waals surface area contributed by atoms with Crippen molar-refractivity contribution in [1.82, 2.24) is 5.06 Å². The Kier molecular flexibility index (Phi) is 7.97. The summed E-state index contributed by atoms with van der Waals surface area (Å²) in [6, 6.07) is 12.5. The number of hydroxylamine groups is 2. The maximum absolute atomic E-state index is 5.90. The third kappa shape index (κ3) is 4.50. The van der Waals surface area contributed by atoms with Gasteiger partial charge in [-0.3, -0.25) is 4.84 Å². The Morgan fingerprint density at radius 1 is 1.00 bits per heavy atom. The summed E-state index contributed by atoms with van der Waals surface area (Å²) < 4.78 is 5.49. The van der Waals surface area contributed by atoms with Gasteiger partial charge in [0, 0.05) is 18.5 Å². The molecule has 2 aromatic carbocycles. The van der Waals surface area contributed by atoms with Gasteiger partial charge in [-0.25, -0.2) is 0 Å². The van der Waals surface area contributed by atoms with Crippen molar-refractivity contribution in [3.05, 3.63) is 42.0 Å². The number of methoxy groups -OCH3 is 1. The maximum atomic E-state index is 5.90. The zero-order valence-electron chi connectivity index (χ0n) is 12.8. The third-order valence-corrected chi connectivity index (χ3v) is 3.83. The number of ether oxygens (including phenoxy) is 1. The Labute approximate surface area is 144 Å². The molecule has 0 bridgehead atoms. The molecule has 0 amide bonds. The van der Waals surface area contributed by atoms with Crippen molar-refractivity contribution in [2.75, 3.05) is 20.2 Å². The molecule has 0 N–H and O–H groups in total.